The fraction of sp³-hybridized carbons (Fsp3) is 0.571. The summed E-state index contributed by atoms with van der Waals surface area (Å²) in [6.45, 7) is 3.50. The van der Waals surface area contributed by atoms with Crippen LogP contribution in [0.3, 0.4) is 0 Å². The lowest BCUT2D eigenvalue weighted by molar-refractivity contribution is -0.169. The molecule has 0 amide bonds. The van der Waals surface area contributed by atoms with Gasteiger partial charge < -0.3 is 14.6 Å². The lowest BCUT2D eigenvalue weighted by Gasteiger charge is -2.23. The lowest BCUT2D eigenvalue weighted by Crippen LogP contribution is -2.22. The van der Waals surface area contributed by atoms with Crippen LogP contribution in [-0.2, 0) is 22.7 Å². The van der Waals surface area contributed by atoms with Gasteiger partial charge in [0.25, 0.3) is 0 Å². The zero-order valence-electron chi connectivity index (χ0n) is 10.3. The number of aliphatic hydroxyl groups is 1. The van der Waals surface area contributed by atoms with Crippen molar-refractivity contribution >= 4 is 0 Å². The van der Waals surface area contributed by atoms with E-state index in [-0.39, 0.29) is 12.9 Å². The Kier molecular flexibility index (Phi) is 4.54. The Balaban J connectivity index is 1.92. The van der Waals surface area contributed by atoms with Crippen LogP contribution in [0.5, 0.6) is 0 Å². The van der Waals surface area contributed by atoms with E-state index in [9.17, 15) is 0 Å². The van der Waals surface area contributed by atoms with Gasteiger partial charge in [0.05, 0.1) is 13.2 Å². The van der Waals surface area contributed by atoms with Crippen LogP contribution in [-0.4, -0.2) is 18.0 Å². The van der Waals surface area contributed by atoms with Crippen LogP contribution in [0.2, 0.25) is 0 Å². The van der Waals surface area contributed by atoms with Crippen molar-refractivity contribution in [1.82, 2.24) is 0 Å². The highest BCUT2D eigenvalue weighted by atomic mass is 16.7. The molecule has 0 bridgehead atoms. The molecule has 2 rings (SSSR count). The third-order valence-corrected chi connectivity index (χ3v) is 3.16. The van der Waals surface area contributed by atoms with Crippen LogP contribution in [0, 0.1) is 6.92 Å². The van der Waals surface area contributed by atoms with Crippen molar-refractivity contribution in [2.45, 2.75) is 45.7 Å². The van der Waals surface area contributed by atoms with Gasteiger partial charge in [0.2, 0.25) is 0 Å². The zero-order chi connectivity index (χ0) is 12.1. The molecule has 1 aliphatic rings. The molecule has 1 atom stereocenters. The van der Waals surface area contributed by atoms with Gasteiger partial charge in [-0.05, 0) is 42.9 Å². The third-order valence-electron chi connectivity index (χ3n) is 3.16. The maximum absolute atomic E-state index is 9.10. The van der Waals surface area contributed by atoms with Gasteiger partial charge in [-0.25, -0.2) is 0 Å². The summed E-state index contributed by atoms with van der Waals surface area (Å²) in [4.78, 5) is 0. The van der Waals surface area contributed by atoms with E-state index in [0.29, 0.717) is 6.61 Å². The quantitative estimate of drug-likeness (QED) is 0.873. The Bertz CT molecular complexity index is 356. The lowest BCUT2D eigenvalue weighted by atomic mass is 10.1. The summed E-state index contributed by atoms with van der Waals surface area (Å²) in [6, 6.07) is 5.96. The Hall–Kier alpha value is -0.900. The molecular weight excluding hydrogens is 216 g/mol. The molecule has 1 heterocycles. The van der Waals surface area contributed by atoms with E-state index in [2.05, 4.69) is 6.92 Å². The largest absolute Gasteiger partial charge is 0.392 e. The number of hydrogen-bond acceptors (Lipinski definition) is 3. The molecule has 1 N–H and O–H groups in total. The minimum Gasteiger partial charge on any atom is -0.392 e. The Morgan fingerprint density at radius 3 is 3.00 bits per heavy atom. The standard InChI is InChI=1S/C14H20O3/c1-11-5-6-12(9-15)8-13(11)10-17-14-4-2-3-7-16-14/h5-6,8,14-15H,2-4,7,9-10H2,1H3. The second-order valence-corrected chi connectivity index (χ2v) is 4.53. The number of hydrogen-bond donors (Lipinski definition) is 1. The average Bonchev–Trinajstić information content (AvgIpc) is 2.39. The van der Waals surface area contributed by atoms with Crippen molar-refractivity contribution in [3.63, 3.8) is 0 Å². The van der Waals surface area contributed by atoms with Crippen molar-refractivity contribution in [1.29, 1.82) is 0 Å². The smallest absolute Gasteiger partial charge is 0.158 e. The van der Waals surface area contributed by atoms with Crippen LogP contribution in [0.4, 0.5) is 0 Å². The molecule has 0 saturated carbocycles. The van der Waals surface area contributed by atoms with Crippen molar-refractivity contribution in [2.24, 2.45) is 0 Å². The van der Waals surface area contributed by atoms with Crippen molar-refractivity contribution in [3.8, 4) is 0 Å². The minimum atomic E-state index is -0.0547. The molecule has 1 aromatic rings. The number of ether oxygens (including phenoxy) is 2. The molecule has 94 valence electrons. The number of aryl methyl sites for hydroxylation is 1. The molecule has 0 aliphatic carbocycles. The molecule has 0 aromatic heterocycles. The molecule has 0 radical (unpaired) electrons. The topological polar surface area (TPSA) is 38.7 Å². The van der Waals surface area contributed by atoms with Gasteiger partial charge in [-0.1, -0.05) is 18.2 Å². The molecule has 3 heteroatoms. The van der Waals surface area contributed by atoms with Crippen LogP contribution in [0.25, 0.3) is 0 Å². The van der Waals surface area contributed by atoms with Crippen LogP contribution < -0.4 is 0 Å². The summed E-state index contributed by atoms with van der Waals surface area (Å²) in [6.07, 6.45) is 3.25. The fourth-order valence-electron chi connectivity index (χ4n) is 2.00. The van der Waals surface area contributed by atoms with E-state index in [0.717, 1.165) is 30.6 Å². The summed E-state index contributed by atoms with van der Waals surface area (Å²) >= 11 is 0. The van der Waals surface area contributed by atoms with Crippen LogP contribution >= 0.6 is 0 Å². The number of benzene rings is 1. The first kappa shape index (κ1) is 12.6. The highest BCUT2D eigenvalue weighted by molar-refractivity contribution is 5.30. The van der Waals surface area contributed by atoms with Crippen LogP contribution in [0.15, 0.2) is 18.2 Å². The summed E-state index contributed by atoms with van der Waals surface area (Å²) in [5.74, 6) is 0. The molecule has 17 heavy (non-hydrogen) atoms. The first-order chi connectivity index (χ1) is 8.29. The third kappa shape index (κ3) is 3.53. The minimum absolute atomic E-state index is 0.0547. The first-order valence-electron chi connectivity index (χ1n) is 6.22. The summed E-state index contributed by atoms with van der Waals surface area (Å²) in [5, 5.41) is 9.10. The van der Waals surface area contributed by atoms with E-state index in [4.69, 9.17) is 14.6 Å². The normalized spacial score (nSPS) is 20.5. The maximum Gasteiger partial charge on any atom is 0.158 e. The Labute approximate surface area is 102 Å². The fourth-order valence-corrected chi connectivity index (χ4v) is 2.00. The van der Waals surface area contributed by atoms with E-state index < -0.39 is 0 Å². The van der Waals surface area contributed by atoms with Gasteiger partial charge in [-0.2, -0.15) is 0 Å². The molecule has 1 aliphatic heterocycles. The van der Waals surface area contributed by atoms with Crippen LogP contribution in [0.1, 0.15) is 36.0 Å². The van der Waals surface area contributed by atoms with Crippen molar-refractivity contribution < 1.29 is 14.6 Å². The predicted molar refractivity (Wildman–Crippen MR) is 65.5 cm³/mol. The van der Waals surface area contributed by atoms with Crippen molar-refractivity contribution in [2.75, 3.05) is 6.61 Å². The molecule has 1 saturated heterocycles. The predicted octanol–water partition coefficient (Wildman–Crippen LogP) is 2.53. The van der Waals surface area contributed by atoms with E-state index in [1.807, 2.05) is 18.2 Å². The van der Waals surface area contributed by atoms with Crippen molar-refractivity contribution in [3.05, 3.63) is 34.9 Å². The second kappa shape index (κ2) is 6.15. The number of aliphatic hydroxyl groups excluding tert-OH is 1. The van der Waals surface area contributed by atoms with E-state index in [1.165, 1.54) is 12.0 Å². The van der Waals surface area contributed by atoms with Gasteiger partial charge >= 0.3 is 0 Å². The van der Waals surface area contributed by atoms with Gasteiger partial charge in [-0.15, -0.1) is 0 Å². The second-order valence-electron chi connectivity index (χ2n) is 4.53. The Morgan fingerprint density at radius 1 is 1.41 bits per heavy atom. The first-order valence-corrected chi connectivity index (χ1v) is 6.22. The summed E-state index contributed by atoms with van der Waals surface area (Å²) in [5.41, 5.74) is 3.25. The molecule has 1 fully saturated rings. The van der Waals surface area contributed by atoms with E-state index in [1.54, 1.807) is 0 Å². The highest BCUT2D eigenvalue weighted by Crippen LogP contribution is 2.18. The average molecular weight is 236 g/mol. The molecule has 1 unspecified atom stereocenters. The maximum atomic E-state index is 9.10. The zero-order valence-corrected chi connectivity index (χ0v) is 10.3. The van der Waals surface area contributed by atoms with Gasteiger partial charge in [0, 0.05) is 6.61 Å². The molecular formula is C14H20O3. The SMILES string of the molecule is Cc1ccc(CO)cc1COC1CCCCO1. The summed E-state index contributed by atoms with van der Waals surface area (Å²) in [7, 11) is 0. The highest BCUT2D eigenvalue weighted by Gasteiger charge is 2.14. The van der Waals surface area contributed by atoms with E-state index >= 15 is 0 Å². The monoisotopic (exact) mass is 236 g/mol. The molecule has 3 nitrogen and oxygen atoms in total. The number of rotatable bonds is 4. The summed E-state index contributed by atoms with van der Waals surface area (Å²) < 4.78 is 11.3. The van der Waals surface area contributed by atoms with Gasteiger partial charge in [0.15, 0.2) is 6.29 Å². The molecule has 0 spiro atoms. The van der Waals surface area contributed by atoms with Gasteiger partial charge in [-0.3, -0.25) is 0 Å². The molecule has 1 aromatic carbocycles. The van der Waals surface area contributed by atoms with Gasteiger partial charge in [0.1, 0.15) is 0 Å². The Morgan fingerprint density at radius 2 is 2.29 bits per heavy atom.